The Labute approximate surface area is 88.1 Å². The van der Waals surface area contributed by atoms with Gasteiger partial charge in [-0.1, -0.05) is 20.8 Å². The van der Waals surface area contributed by atoms with Crippen LogP contribution < -0.4 is 5.32 Å². The van der Waals surface area contributed by atoms with E-state index in [1.165, 1.54) is 31.6 Å². The van der Waals surface area contributed by atoms with Gasteiger partial charge in [0.2, 0.25) is 0 Å². The lowest BCUT2D eigenvalue weighted by Gasteiger charge is -2.19. The first-order valence-electron chi connectivity index (χ1n) is 5.43. The minimum atomic E-state index is 0.743. The molecule has 13 heavy (non-hydrogen) atoms. The quantitative estimate of drug-likeness (QED) is 0.650. The van der Waals surface area contributed by atoms with E-state index in [0.29, 0.717) is 0 Å². The Morgan fingerprint density at radius 2 is 2.00 bits per heavy atom. The molecule has 0 heterocycles. The molecule has 0 aromatic rings. The summed E-state index contributed by atoms with van der Waals surface area (Å²) in [5.74, 6) is 2.10. The Hall–Kier alpha value is 0.310. The van der Waals surface area contributed by atoms with Crippen LogP contribution in [-0.2, 0) is 0 Å². The number of rotatable bonds is 8. The van der Waals surface area contributed by atoms with Crippen LogP contribution in [0.4, 0.5) is 0 Å². The molecule has 0 saturated carbocycles. The van der Waals surface area contributed by atoms with E-state index < -0.39 is 0 Å². The van der Waals surface area contributed by atoms with Crippen LogP contribution in [0.15, 0.2) is 0 Å². The number of hydrogen-bond donors (Lipinski definition) is 1. The summed E-state index contributed by atoms with van der Waals surface area (Å²) in [6.07, 6.45) is 6.07. The molecule has 0 aromatic carbocycles. The summed E-state index contributed by atoms with van der Waals surface area (Å²) in [6.45, 7) is 8.01. The fourth-order valence-corrected chi connectivity index (χ4v) is 2.00. The van der Waals surface area contributed by atoms with Crippen LogP contribution in [0.5, 0.6) is 0 Å². The summed E-state index contributed by atoms with van der Waals surface area (Å²) in [7, 11) is 0. The highest BCUT2D eigenvalue weighted by Gasteiger charge is 2.08. The standard InChI is InChI=1S/C11H25NS/c1-5-7-12-11(6-8-13-4)9-10(2)3/h10-12H,5-9H2,1-4H3. The number of thioether (sulfide) groups is 1. The van der Waals surface area contributed by atoms with Crippen LogP contribution in [0.2, 0.25) is 0 Å². The van der Waals surface area contributed by atoms with Crippen LogP contribution in [0.25, 0.3) is 0 Å². The third-order valence-electron chi connectivity index (χ3n) is 2.11. The molecule has 0 rings (SSSR count). The number of hydrogen-bond acceptors (Lipinski definition) is 2. The van der Waals surface area contributed by atoms with E-state index in [0.717, 1.165) is 12.0 Å². The summed E-state index contributed by atoms with van der Waals surface area (Å²) in [5, 5.41) is 3.62. The van der Waals surface area contributed by atoms with Crippen molar-refractivity contribution in [2.75, 3.05) is 18.6 Å². The summed E-state index contributed by atoms with van der Waals surface area (Å²) in [5.41, 5.74) is 0. The molecule has 1 N–H and O–H groups in total. The molecule has 80 valence electrons. The molecule has 0 bridgehead atoms. The van der Waals surface area contributed by atoms with Crippen molar-refractivity contribution in [1.29, 1.82) is 0 Å². The van der Waals surface area contributed by atoms with Gasteiger partial charge in [-0.05, 0) is 43.7 Å². The Morgan fingerprint density at radius 1 is 1.31 bits per heavy atom. The maximum atomic E-state index is 3.62. The largest absolute Gasteiger partial charge is 0.314 e. The van der Waals surface area contributed by atoms with E-state index in [9.17, 15) is 0 Å². The van der Waals surface area contributed by atoms with Gasteiger partial charge in [-0.2, -0.15) is 11.8 Å². The molecular formula is C11H25NS. The molecule has 0 spiro atoms. The zero-order valence-electron chi connectivity index (χ0n) is 9.60. The molecule has 1 atom stereocenters. The molecule has 0 aromatic heterocycles. The van der Waals surface area contributed by atoms with Crippen molar-refractivity contribution in [2.24, 2.45) is 5.92 Å². The summed E-state index contributed by atoms with van der Waals surface area (Å²) in [4.78, 5) is 0. The van der Waals surface area contributed by atoms with E-state index in [2.05, 4.69) is 32.3 Å². The lowest BCUT2D eigenvalue weighted by atomic mass is 10.0. The summed E-state index contributed by atoms with van der Waals surface area (Å²) in [6, 6.07) is 0.743. The van der Waals surface area contributed by atoms with Crippen LogP contribution in [0.1, 0.15) is 40.0 Å². The van der Waals surface area contributed by atoms with E-state index in [1.54, 1.807) is 0 Å². The maximum absolute atomic E-state index is 3.62. The van der Waals surface area contributed by atoms with Gasteiger partial charge >= 0.3 is 0 Å². The van der Waals surface area contributed by atoms with Gasteiger partial charge in [-0.3, -0.25) is 0 Å². The molecule has 0 aliphatic rings. The van der Waals surface area contributed by atoms with Gasteiger partial charge in [-0.25, -0.2) is 0 Å². The smallest absolute Gasteiger partial charge is 0.00773 e. The molecule has 0 aliphatic heterocycles. The van der Waals surface area contributed by atoms with E-state index in [4.69, 9.17) is 0 Å². The fraction of sp³-hybridized carbons (Fsp3) is 1.00. The summed E-state index contributed by atoms with van der Waals surface area (Å²) >= 11 is 1.95. The molecule has 0 radical (unpaired) electrons. The first kappa shape index (κ1) is 13.3. The molecule has 0 fully saturated rings. The van der Waals surface area contributed by atoms with Gasteiger partial charge < -0.3 is 5.32 Å². The highest BCUT2D eigenvalue weighted by Crippen LogP contribution is 2.10. The third kappa shape index (κ3) is 8.63. The predicted octanol–water partition coefficient (Wildman–Crippen LogP) is 3.15. The highest BCUT2D eigenvalue weighted by atomic mass is 32.2. The Kier molecular flexibility index (Phi) is 9.10. The van der Waals surface area contributed by atoms with E-state index in [-0.39, 0.29) is 0 Å². The van der Waals surface area contributed by atoms with Gasteiger partial charge in [-0.15, -0.1) is 0 Å². The Balaban J connectivity index is 3.60. The van der Waals surface area contributed by atoms with Crippen LogP contribution in [-0.4, -0.2) is 24.6 Å². The van der Waals surface area contributed by atoms with Gasteiger partial charge in [0.05, 0.1) is 0 Å². The molecular weight excluding hydrogens is 178 g/mol. The molecule has 1 nitrogen and oxygen atoms in total. The fourth-order valence-electron chi connectivity index (χ4n) is 1.48. The second kappa shape index (κ2) is 8.89. The molecule has 1 unspecified atom stereocenters. The van der Waals surface area contributed by atoms with Gasteiger partial charge in [0, 0.05) is 6.04 Å². The minimum absolute atomic E-state index is 0.743. The van der Waals surface area contributed by atoms with Crippen molar-refractivity contribution in [3.05, 3.63) is 0 Å². The average Bonchev–Trinajstić information content (AvgIpc) is 2.09. The molecule has 0 aliphatic carbocycles. The molecule has 2 heteroatoms. The van der Waals surface area contributed by atoms with Gasteiger partial charge in [0.1, 0.15) is 0 Å². The van der Waals surface area contributed by atoms with Crippen molar-refractivity contribution in [3.63, 3.8) is 0 Å². The van der Waals surface area contributed by atoms with Crippen LogP contribution in [0.3, 0.4) is 0 Å². The zero-order chi connectivity index (χ0) is 10.1. The van der Waals surface area contributed by atoms with Crippen molar-refractivity contribution >= 4 is 11.8 Å². The third-order valence-corrected chi connectivity index (χ3v) is 2.75. The van der Waals surface area contributed by atoms with Crippen molar-refractivity contribution in [1.82, 2.24) is 5.32 Å². The average molecular weight is 203 g/mol. The topological polar surface area (TPSA) is 12.0 Å². The monoisotopic (exact) mass is 203 g/mol. The predicted molar refractivity (Wildman–Crippen MR) is 64.5 cm³/mol. The van der Waals surface area contributed by atoms with E-state index >= 15 is 0 Å². The Morgan fingerprint density at radius 3 is 2.46 bits per heavy atom. The van der Waals surface area contributed by atoms with Crippen molar-refractivity contribution in [2.45, 2.75) is 46.1 Å². The molecule has 0 amide bonds. The maximum Gasteiger partial charge on any atom is 0.00773 e. The SMILES string of the molecule is CCCNC(CCSC)CC(C)C. The second-order valence-corrected chi connectivity index (χ2v) is 5.05. The van der Waals surface area contributed by atoms with E-state index in [1.807, 2.05) is 11.8 Å². The minimum Gasteiger partial charge on any atom is -0.314 e. The van der Waals surface area contributed by atoms with Crippen molar-refractivity contribution < 1.29 is 0 Å². The van der Waals surface area contributed by atoms with Crippen LogP contribution >= 0.6 is 11.8 Å². The first-order valence-corrected chi connectivity index (χ1v) is 6.82. The lowest BCUT2D eigenvalue weighted by Crippen LogP contribution is -2.31. The zero-order valence-corrected chi connectivity index (χ0v) is 10.4. The number of nitrogens with one attached hydrogen (secondary N) is 1. The van der Waals surface area contributed by atoms with Gasteiger partial charge in [0.25, 0.3) is 0 Å². The first-order chi connectivity index (χ1) is 6.20. The van der Waals surface area contributed by atoms with Gasteiger partial charge in [0.15, 0.2) is 0 Å². The summed E-state index contributed by atoms with van der Waals surface area (Å²) < 4.78 is 0. The Bertz CT molecular complexity index is 96.3. The second-order valence-electron chi connectivity index (χ2n) is 4.06. The molecule has 0 saturated heterocycles. The normalized spacial score (nSPS) is 13.6. The van der Waals surface area contributed by atoms with Crippen molar-refractivity contribution in [3.8, 4) is 0 Å². The van der Waals surface area contributed by atoms with Crippen LogP contribution in [0, 0.1) is 5.92 Å². The lowest BCUT2D eigenvalue weighted by molar-refractivity contribution is 0.411. The highest BCUT2D eigenvalue weighted by molar-refractivity contribution is 7.98.